The van der Waals surface area contributed by atoms with Gasteiger partial charge in [-0.3, -0.25) is 0 Å². The van der Waals surface area contributed by atoms with Gasteiger partial charge in [-0.25, -0.2) is 22.8 Å². The summed E-state index contributed by atoms with van der Waals surface area (Å²) in [5, 5.41) is 0.918. The quantitative estimate of drug-likeness (QED) is 0.320. The van der Waals surface area contributed by atoms with Gasteiger partial charge in [0.1, 0.15) is 18.0 Å². The van der Waals surface area contributed by atoms with Crippen LogP contribution in [0.5, 0.6) is 0 Å². The molecule has 1 fully saturated rings. The number of piperazine rings is 1. The maximum absolute atomic E-state index is 13.7. The van der Waals surface area contributed by atoms with Crippen LogP contribution < -0.4 is 4.90 Å². The molecule has 0 unspecified atom stereocenters. The Bertz CT molecular complexity index is 1730. The van der Waals surface area contributed by atoms with Crippen LogP contribution in [0.25, 0.3) is 27.8 Å². The van der Waals surface area contributed by atoms with E-state index in [9.17, 15) is 12.8 Å². The Morgan fingerprint density at radius 1 is 0.842 bits per heavy atom. The van der Waals surface area contributed by atoms with Crippen molar-refractivity contribution in [3.8, 4) is 16.8 Å². The van der Waals surface area contributed by atoms with Crippen molar-refractivity contribution in [3.05, 3.63) is 103 Å². The normalized spacial score (nSPS) is 14.7. The predicted molar refractivity (Wildman–Crippen MR) is 146 cm³/mol. The summed E-state index contributed by atoms with van der Waals surface area (Å²) in [6.07, 6.45) is 3.66. The van der Waals surface area contributed by atoms with Crippen molar-refractivity contribution in [3.63, 3.8) is 0 Å². The fraction of sp³-hybridized carbons (Fsp3) is 0.172. The molecule has 0 atom stereocenters. The number of benzene rings is 3. The number of nitrogens with zero attached hydrogens (tertiary/aromatic N) is 5. The van der Waals surface area contributed by atoms with E-state index >= 15 is 0 Å². The third kappa shape index (κ3) is 4.33. The van der Waals surface area contributed by atoms with Crippen molar-refractivity contribution in [1.29, 1.82) is 0 Å². The van der Waals surface area contributed by atoms with Crippen molar-refractivity contribution in [2.24, 2.45) is 0 Å². The summed E-state index contributed by atoms with van der Waals surface area (Å²) in [5.41, 5.74) is 5.00. The van der Waals surface area contributed by atoms with Gasteiger partial charge in [-0.1, -0.05) is 48.5 Å². The highest BCUT2D eigenvalue weighted by molar-refractivity contribution is 7.89. The molecule has 9 heteroatoms. The third-order valence-electron chi connectivity index (χ3n) is 6.90. The van der Waals surface area contributed by atoms with Crippen molar-refractivity contribution in [2.45, 2.75) is 11.8 Å². The van der Waals surface area contributed by atoms with E-state index in [0.29, 0.717) is 13.1 Å². The van der Waals surface area contributed by atoms with Gasteiger partial charge in [0.2, 0.25) is 10.0 Å². The number of aryl methyl sites for hydroxylation is 1. The van der Waals surface area contributed by atoms with E-state index in [1.807, 2.05) is 24.3 Å². The first-order chi connectivity index (χ1) is 18.4. The molecule has 1 aliphatic rings. The largest absolute Gasteiger partial charge is 0.353 e. The second kappa shape index (κ2) is 9.66. The SMILES string of the molecule is Cc1cccc(-n2cc(-c3ccccc3)c3c(N4CCN(S(=O)(=O)c5cccc(F)c5)CC4)ncnc32)c1. The summed E-state index contributed by atoms with van der Waals surface area (Å²) < 4.78 is 43.5. The van der Waals surface area contributed by atoms with E-state index in [-0.39, 0.29) is 18.0 Å². The summed E-state index contributed by atoms with van der Waals surface area (Å²) in [6, 6.07) is 23.5. The van der Waals surface area contributed by atoms with Crippen LogP contribution in [0.4, 0.5) is 10.2 Å². The molecule has 6 rings (SSSR count). The van der Waals surface area contributed by atoms with Crippen molar-refractivity contribution < 1.29 is 12.8 Å². The molecule has 0 radical (unpaired) electrons. The second-order valence-electron chi connectivity index (χ2n) is 9.36. The van der Waals surface area contributed by atoms with Crippen LogP contribution in [0.2, 0.25) is 0 Å². The lowest BCUT2D eigenvalue weighted by Gasteiger charge is -2.35. The molecule has 0 amide bonds. The van der Waals surface area contributed by atoms with Crippen LogP contribution in [0, 0.1) is 12.7 Å². The van der Waals surface area contributed by atoms with Gasteiger partial charge in [-0.2, -0.15) is 4.31 Å². The van der Waals surface area contributed by atoms with Crippen LogP contribution in [0.1, 0.15) is 5.56 Å². The maximum Gasteiger partial charge on any atom is 0.243 e. The lowest BCUT2D eigenvalue weighted by atomic mass is 10.1. The predicted octanol–water partition coefficient (Wildman–Crippen LogP) is 5.05. The fourth-order valence-electron chi connectivity index (χ4n) is 5.01. The molecule has 192 valence electrons. The number of aromatic nitrogens is 3. The number of sulfonamides is 1. The van der Waals surface area contributed by atoms with Crippen LogP contribution in [0.15, 0.2) is 96.3 Å². The molecule has 0 saturated carbocycles. The van der Waals surface area contributed by atoms with E-state index in [2.05, 4.69) is 62.9 Å². The Kier molecular flexibility index (Phi) is 6.17. The van der Waals surface area contributed by atoms with Crippen LogP contribution in [0.3, 0.4) is 0 Å². The third-order valence-corrected chi connectivity index (χ3v) is 8.79. The number of anilines is 1. The zero-order valence-electron chi connectivity index (χ0n) is 20.8. The molecule has 5 aromatic rings. The van der Waals surface area contributed by atoms with Gasteiger partial charge in [-0.05, 0) is 48.4 Å². The highest BCUT2D eigenvalue weighted by Gasteiger charge is 2.30. The molecule has 3 aromatic carbocycles. The number of hydrogen-bond donors (Lipinski definition) is 0. The Morgan fingerprint density at radius 2 is 1.61 bits per heavy atom. The lowest BCUT2D eigenvalue weighted by molar-refractivity contribution is 0.384. The van der Waals surface area contributed by atoms with E-state index in [0.717, 1.165) is 45.3 Å². The first kappa shape index (κ1) is 24.3. The molecule has 0 aliphatic carbocycles. The number of fused-ring (bicyclic) bond motifs is 1. The van der Waals surface area contributed by atoms with Crippen molar-refractivity contribution in [1.82, 2.24) is 18.8 Å². The van der Waals surface area contributed by atoms with Gasteiger partial charge in [0.25, 0.3) is 0 Å². The van der Waals surface area contributed by atoms with Gasteiger partial charge < -0.3 is 9.47 Å². The Labute approximate surface area is 220 Å². The number of halogens is 1. The molecule has 3 heterocycles. The molecule has 0 N–H and O–H groups in total. The van der Waals surface area contributed by atoms with Crippen LogP contribution >= 0.6 is 0 Å². The highest BCUT2D eigenvalue weighted by Crippen LogP contribution is 2.37. The van der Waals surface area contributed by atoms with Crippen LogP contribution in [-0.4, -0.2) is 53.4 Å². The number of rotatable bonds is 5. The molecule has 1 saturated heterocycles. The number of hydrogen-bond acceptors (Lipinski definition) is 5. The first-order valence-corrected chi connectivity index (χ1v) is 13.8. The minimum absolute atomic E-state index is 0.0306. The fourth-order valence-corrected chi connectivity index (χ4v) is 6.47. The summed E-state index contributed by atoms with van der Waals surface area (Å²) in [6.45, 7) is 3.49. The monoisotopic (exact) mass is 527 g/mol. The molecule has 2 aromatic heterocycles. The average molecular weight is 528 g/mol. The zero-order valence-corrected chi connectivity index (χ0v) is 21.6. The molecular weight excluding hydrogens is 501 g/mol. The van der Waals surface area contributed by atoms with Crippen LogP contribution in [-0.2, 0) is 10.0 Å². The first-order valence-electron chi connectivity index (χ1n) is 12.4. The zero-order chi connectivity index (χ0) is 26.3. The average Bonchev–Trinajstić information content (AvgIpc) is 3.34. The van der Waals surface area contributed by atoms with Gasteiger partial charge in [-0.15, -0.1) is 0 Å². The van der Waals surface area contributed by atoms with Gasteiger partial charge in [0.15, 0.2) is 5.65 Å². The van der Waals surface area contributed by atoms with Crippen molar-refractivity contribution >= 4 is 26.9 Å². The summed E-state index contributed by atoms with van der Waals surface area (Å²) in [4.78, 5) is 11.4. The van der Waals surface area contributed by atoms with E-state index in [1.165, 1.54) is 22.5 Å². The smallest absolute Gasteiger partial charge is 0.243 e. The molecule has 38 heavy (non-hydrogen) atoms. The Hall–Kier alpha value is -4.08. The van der Waals surface area contributed by atoms with E-state index < -0.39 is 15.8 Å². The highest BCUT2D eigenvalue weighted by atomic mass is 32.2. The van der Waals surface area contributed by atoms with Crippen molar-refractivity contribution in [2.75, 3.05) is 31.1 Å². The molecular formula is C29H26FN5O2S. The second-order valence-corrected chi connectivity index (χ2v) is 11.3. The minimum Gasteiger partial charge on any atom is -0.353 e. The summed E-state index contributed by atoms with van der Waals surface area (Å²) >= 11 is 0. The molecule has 0 bridgehead atoms. The lowest BCUT2D eigenvalue weighted by Crippen LogP contribution is -2.49. The summed E-state index contributed by atoms with van der Waals surface area (Å²) in [7, 11) is -3.79. The summed E-state index contributed by atoms with van der Waals surface area (Å²) in [5.74, 6) is 0.197. The minimum atomic E-state index is -3.79. The Morgan fingerprint density at radius 3 is 2.34 bits per heavy atom. The van der Waals surface area contributed by atoms with Gasteiger partial charge in [0.05, 0.1) is 10.3 Å². The topological polar surface area (TPSA) is 71.3 Å². The van der Waals surface area contributed by atoms with Gasteiger partial charge >= 0.3 is 0 Å². The maximum atomic E-state index is 13.7. The standard InChI is InChI=1S/C29H26FN5O2S/c1-21-7-5-11-24(17-21)35-19-26(22-8-3-2-4-9-22)27-28(31-20-32-29(27)35)33-13-15-34(16-14-33)38(36,37)25-12-6-10-23(30)18-25/h2-12,17-20H,13-16H2,1H3. The molecule has 1 aliphatic heterocycles. The van der Waals surface area contributed by atoms with Gasteiger partial charge in [0, 0.05) is 43.6 Å². The Balaban J connectivity index is 1.39. The van der Waals surface area contributed by atoms with E-state index in [1.54, 1.807) is 6.33 Å². The van der Waals surface area contributed by atoms with E-state index in [4.69, 9.17) is 0 Å². The molecule has 7 nitrogen and oxygen atoms in total. The molecule has 0 spiro atoms.